The fourth-order valence-electron chi connectivity index (χ4n) is 2.51. The summed E-state index contributed by atoms with van der Waals surface area (Å²) in [6.45, 7) is 5.50. The third kappa shape index (κ3) is 5.74. The number of nitrogens with one attached hydrogen (secondary N) is 1. The number of rotatable bonds is 7. The van der Waals surface area contributed by atoms with Crippen molar-refractivity contribution in [3.63, 3.8) is 0 Å². The maximum Gasteiger partial charge on any atom is 0.255 e. The van der Waals surface area contributed by atoms with Crippen molar-refractivity contribution >= 4 is 35.7 Å². The van der Waals surface area contributed by atoms with Crippen molar-refractivity contribution in [2.45, 2.75) is 26.7 Å². The Morgan fingerprint density at radius 3 is 2.31 bits per heavy atom. The predicted octanol–water partition coefficient (Wildman–Crippen LogP) is 3.60. The van der Waals surface area contributed by atoms with E-state index in [2.05, 4.69) is 10.3 Å². The molecule has 7 heteroatoms. The quantitative estimate of drug-likeness (QED) is 0.772. The van der Waals surface area contributed by atoms with Crippen LogP contribution in [0.2, 0.25) is 0 Å². The molecule has 0 atom stereocenters. The minimum atomic E-state index is -0.293. The van der Waals surface area contributed by atoms with E-state index < -0.39 is 0 Å². The first-order valence-corrected chi connectivity index (χ1v) is 8.47. The average Bonchev–Trinajstić information content (AvgIpc) is 2.63. The first-order valence-electron chi connectivity index (χ1n) is 8.47. The molecule has 0 fully saturated rings. The largest absolute Gasteiger partial charge is 0.384 e. The van der Waals surface area contributed by atoms with Gasteiger partial charge in [-0.2, -0.15) is 0 Å². The normalized spacial score (nSPS) is 9.92. The number of pyridine rings is 1. The smallest absolute Gasteiger partial charge is 0.255 e. The van der Waals surface area contributed by atoms with E-state index in [1.807, 2.05) is 18.7 Å². The molecule has 0 spiro atoms. The molecule has 2 aromatic rings. The Kier molecular flexibility index (Phi) is 8.58. The van der Waals surface area contributed by atoms with Crippen LogP contribution in [0.25, 0.3) is 0 Å². The molecule has 6 nitrogen and oxygen atoms in total. The van der Waals surface area contributed by atoms with E-state index in [4.69, 9.17) is 5.73 Å². The third-order valence-electron chi connectivity index (χ3n) is 3.69. The van der Waals surface area contributed by atoms with Crippen molar-refractivity contribution in [1.29, 1.82) is 0 Å². The number of hydrogen-bond acceptors (Lipinski definition) is 4. The highest BCUT2D eigenvalue weighted by molar-refractivity contribution is 6.06. The number of amides is 2. The zero-order valence-electron chi connectivity index (χ0n) is 15.1. The number of halogens is 1. The summed E-state index contributed by atoms with van der Waals surface area (Å²) in [5.74, 6) is 0.0452. The zero-order chi connectivity index (χ0) is 18.2. The molecule has 3 N–H and O–H groups in total. The van der Waals surface area contributed by atoms with Crippen LogP contribution in [-0.4, -0.2) is 34.8 Å². The van der Waals surface area contributed by atoms with Gasteiger partial charge in [0.15, 0.2) is 0 Å². The van der Waals surface area contributed by atoms with Crippen LogP contribution >= 0.6 is 12.4 Å². The summed E-state index contributed by atoms with van der Waals surface area (Å²) in [4.78, 5) is 30.8. The molecular weight excluding hydrogens is 352 g/mol. The topological polar surface area (TPSA) is 88.3 Å². The van der Waals surface area contributed by atoms with Crippen LogP contribution in [-0.2, 0) is 0 Å². The number of nitrogens with zero attached hydrogens (tertiary/aromatic N) is 2. The van der Waals surface area contributed by atoms with Gasteiger partial charge in [-0.05, 0) is 43.2 Å². The van der Waals surface area contributed by atoms with Gasteiger partial charge < -0.3 is 16.0 Å². The zero-order valence-corrected chi connectivity index (χ0v) is 15.9. The fourth-order valence-corrected chi connectivity index (χ4v) is 2.51. The SMILES string of the molecule is CCCN(CCC)C(=O)c1cccc(C(=O)Nc2ccc(N)nc2)c1.Cl. The molecule has 0 aliphatic rings. The molecule has 0 aliphatic carbocycles. The second-order valence-electron chi connectivity index (χ2n) is 5.80. The third-order valence-corrected chi connectivity index (χ3v) is 3.69. The first kappa shape index (κ1) is 21.4. The van der Waals surface area contributed by atoms with Gasteiger partial charge in [0.1, 0.15) is 5.82 Å². The van der Waals surface area contributed by atoms with E-state index in [1.165, 1.54) is 6.20 Å². The van der Waals surface area contributed by atoms with Crippen LogP contribution in [0.15, 0.2) is 42.6 Å². The Balaban J connectivity index is 0.00000338. The number of nitrogens with two attached hydrogens (primary N) is 1. The van der Waals surface area contributed by atoms with Gasteiger partial charge in [-0.3, -0.25) is 9.59 Å². The molecule has 0 aliphatic heterocycles. The van der Waals surface area contributed by atoms with Crippen LogP contribution in [0.5, 0.6) is 0 Å². The second kappa shape index (κ2) is 10.4. The van der Waals surface area contributed by atoms with Crippen molar-refractivity contribution in [1.82, 2.24) is 9.88 Å². The number of carbonyl (C=O) groups is 2. The molecule has 1 aromatic heterocycles. The molecule has 1 heterocycles. The Bertz CT molecular complexity index is 729. The molecule has 140 valence electrons. The summed E-state index contributed by atoms with van der Waals surface area (Å²) in [6, 6.07) is 10.1. The van der Waals surface area contributed by atoms with Gasteiger partial charge >= 0.3 is 0 Å². The molecule has 1 aromatic carbocycles. The van der Waals surface area contributed by atoms with E-state index in [9.17, 15) is 9.59 Å². The minimum absolute atomic E-state index is 0. The molecule has 26 heavy (non-hydrogen) atoms. The van der Waals surface area contributed by atoms with Crippen molar-refractivity contribution in [3.8, 4) is 0 Å². The Morgan fingerprint density at radius 2 is 1.73 bits per heavy atom. The summed E-state index contributed by atoms with van der Waals surface area (Å²) in [5, 5.41) is 2.75. The van der Waals surface area contributed by atoms with Gasteiger partial charge in [0.2, 0.25) is 0 Å². The lowest BCUT2D eigenvalue weighted by Gasteiger charge is -2.21. The maximum atomic E-state index is 12.7. The van der Waals surface area contributed by atoms with E-state index in [1.54, 1.807) is 36.4 Å². The second-order valence-corrected chi connectivity index (χ2v) is 5.80. The number of aromatic nitrogens is 1. The van der Waals surface area contributed by atoms with E-state index in [0.717, 1.165) is 12.8 Å². The van der Waals surface area contributed by atoms with Crippen molar-refractivity contribution in [3.05, 3.63) is 53.7 Å². The molecule has 0 radical (unpaired) electrons. The lowest BCUT2D eigenvalue weighted by Crippen LogP contribution is -2.32. The molecule has 0 bridgehead atoms. The summed E-state index contributed by atoms with van der Waals surface area (Å²) < 4.78 is 0. The summed E-state index contributed by atoms with van der Waals surface area (Å²) >= 11 is 0. The van der Waals surface area contributed by atoms with Gasteiger partial charge in [-0.25, -0.2) is 4.98 Å². The van der Waals surface area contributed by atoms with Gasteiger partial charge in [0.25, 0.3) is 11.8 Å². The highest BCUT2D eigenvalue weighted by Gasteiger charge is 2.16. The van der Waals surface area contributed by atoms with Crippen LogP contribution in [0, 0.1) is 0 Å². The molecule has 0 unspecified atom stereocenters. The molecule has 2 rings (SSSR count). The Labute approximate surface area is 160 Å². The Morgan fingerprint density at radius 1 is 1.08 bits per heavy atom. The maximum absolute atomic E-state index is 12.7. The standard InChI is InChI=1S/C19H24N4O2.ClH/c1-3-10-23(11-4-2)19(25)15-7-5-6-14(12-15)18(24)22-16-8-9-17(20)21-13-16;/h5-9,12-13H,3-4,10-11H2,1-2H3,(H2,20,21)(H,22,24);1H. The number of nitrogen functional groups attached to an aromatic ring is 1. The van der Waals surface area contributed by atoms with E-state index in [0.29, 0.717) is 35.7 Å². The number of anilines is 2. The van der Waals surface area contributed by atoms with Crippen LogP contribution < -0.4 is 11.1 Å². The fraction of sp³-hybridized carbons (Fsp3) is 0.316. The molecule has 0 saturated heterocycles. The lowest BCUT2D eigenvalue weighted by molar-refractivity contribution is 0.0755. The monoisotopic (exact) mass is 376 g/mol. The highest BCUT2D eigenvalue weighted by atomic mass is 35.5. The van der Waals surface area contributed by atoms with Crippen LogP contribution in [0.4, 0.5) is 11.5 Å². The number of benzene rings is 1. The summed E-state index contributed by atoms with van der Waals surface area (Å²) in [7, 11) is 0. The average molecular weight is 377 g/mol. The summed E-state index contributed by atoms with van der Waals surface area (Å²) in [6.07, 6.45) is 3.29. The van der Waals surface area contributed by atoms with E-state index >= 15 is 0 Å². The van der Waals surface area contributed by atoms with E-state index in [-0.39, 0.29) is 24.2 Å². The lowest BCUT2D eigenvalue weighted by atomic mass is 10.1. The number of hydrogen-bond donors (Lipinski definition) is 2. The Hall–Kier alpha value is -2.60. The molecule has 2 amide bonds. The first-order chi connectivity index (χ1) is 12.0. The highest BCUT2D eigenvalue weighted by Crippen LogP contribution is 2.13. The van der Waals surface area contributed by atoms with Crippen LogP contribution in [0.1, 0.15) is 47.4 Å². The van der Waals surface area contributed by atoms with Crippen LogP contribution in [0.3, 0.4) is 0 Å². The van der Waals surface area contributed by atoms with Gasteiger partial charge in [-0.15, -0.1) is 12.4 Å². The predicted molar refractivity (Wildman–Crippen MR) is 107 cm³/mol. The molecule has 0 saturated carbocycles. The summed E-state index contributed by atoms with van der Waals surface area (Å²) in [5.41, 5.74) is 7.03. The van der Waals surface area contributed by atoms with Crippen molar-refractivity contribution in [2.24, 2.45) is 0 Å². The molecular formula is C19H25ClN4O2. The minimum Gasteiger partial charge on any atom is -0.384 e. The van der Waals surface area contributed by atoms with Gasteiger partial charge in [-0.1, -0.05) is 19.9 Å². The van der Waals surface area contributed by atoms with Gasteiger partial charge in [0.05, 0.1) is 11.9 Å². The van der Waals surface area contributed by atoms with Crippen molar-refractivity contribution in [2.75, 3.05) is 24.1 Å². The van der Waals surface area contributed by atoms with Gasteiger partial charge in [0, 0.05) is 24.2 Å². The number of carbonyl (C=O) groups excluding carboxylic acids is 2. The van der Waals surface area contributed by atoms with Crippen molar-refractivity contribution < 1.29 is 9.59 Å².